The highest BCUT2D eigenvalue weighted by atomic mass is 16.3. The van der Waals surface area contributed by atoms with Crippen molar-refractivity contribution in [2.75, 3.05) is 7.05 Å². The van der Waals surface area contributed by atoms with Gasteiger partial charge in [-0.15, -0.1) is 0 Å². The van der Waals surface area contributed by atoms with Crippen LogP contribution < -0.4 is 5.32 Å². The molecule has 0 aliphatic rings. The van der Waals surface area contributed by atoms with Crippen LogP contribution in [0.25, 0.3) is 0 Å². The van der Waals surface area contributed by atoms with Gasteiger partial charge in [0.15, 0.2) is 11.5 Å². The van der Waals surface area contributed by atoms with Crippen molar-refractivity contribution in [1.29, 1.82) is 0 Å². The van der Waals surface area contributed by atoms with Gasteiger partial charge in [-0.1, -0.05) is 19.9 Å². The molecule has 0 aromatic heterocycles. The Morgan fingerprint density at radius 3 is 2.36 bits per heavy atom. The average molecular weight is 197 g/mol. The summed E-state index contributed by atoms with van der Waals surface area (Å²) in [6, 6.07) is 4.22. The number of aromatic hydroxyl groups is 2. The predicted octanol–water partition coefficient (Wildman–Crippen LogP) is 1.48. The van der Waals surface area contributed by atoms with Gasteiger partial charge in [-0.2, -0.15) is 0 Å². The molecule has 0 unspecified atom stereocenters. The number of phenols is 2. The minimum absolute atomic E-state index is 0.0671. The summed E-state index contributed by atoms with van der Waals surface area (Å²) in [5, 5.41) is 20.5. The predicted molar refractivity (Wildman–Crippen MR) is 54.5 cm³/mol. The molecule has 1 aromatic rings. The van der Waals surface area contributed by atoms with Crippen LogP contribution in [-0.4, -0.2) is 23.2 Å². The minimum atomic E-state index is -0.427. The van der Waals surface area contributed by atoms with E-state index in [0.717, 1.165) is 0 Å². The lowest BCUT2D eigenvalue weighted by molar-refractivity contribution is 0.0960. The zero-order valence-corrected chi connectivity index (χ0v) is 8.53. The van der Waals surface area contributed by atoms with Gasteiger partial charge in [-0.05, 0) is 12.1 Å². The number of rotatable bonds is 1. The molecule has 0 atom stereocenters. The van der Waals surface area contributed by atoms with Gasteiger partial charge >= 0.3 is 0 Å². The second-order valence-electron chi connectivity index (χ2n) is 2.25. The molecule has 1 rings (SSSR count). The van der Waals surface area contributed by atoms with Crippen LogP contribution in [0.5, 0.6) is 11.5 Å². The lowest BCUT2D eigenvalue weighted by atomic mass is 10.2. The topological polar surface area (TPSA) is 69.6 Å². The van der Waals surface area contributed by atoms with E-state index in [1.807, 2.05) is 13.8 Å². The third-order valence-electron chi connectivity index (χ3n) is 1.49. The first-order valence-electron chi connectivity index (χ1n) is 4.40. The molecule has 0 radical (unpaired) electrons. The number of hydrogen-bond acceptors (Lipinski definition) is 3. The quantitative estimate of drug-likeness (QED) is 0.597. The van der Waals surface area contributed by atoms with E-state index < -0.39 is 11.7 Å². The van der Waals surface area contributed by atoms with Crippen LogP contribution in [0, 0.1) is 0 Å². The maximum atomic E-state index is 11.0. The average Bonchev–Trinajstić information content (AvgIpc) is 2.24. The molecule has 0 spiro atoms. The molecule has 14 heavy (non-hydrogen) atoms. The van der Waals surface area contributed by atoms with Crippen LogP contribution in [0.2, 0.25) is 0 Å². The SMILES string of the molecule is CC.CNC(=O)c1cccc(O)c1O. The maximum absolute atomic E-state index is 11.0. The lowest BCUT2D eigenvalue weighted by Crippen LogP contribution is -2.17. The Hall–Kier alpha value is -1.71. The summed E-state index contributed by atoms with van der Waals surface area (Å²) in [6.07, 6.45) is 0. The van der Waals surface area contributed by atoms with E-state index in [9.17, 15) is 9.90 Å². The molecule has 78 valence electrons. The summed E-state index contributed by atoms with van der Waals surface area (Å²) in [5.74, 6) is -1.11. The van der Waals surface area contributed by atoms with Crippen LogP contribution in [-0.2, 0) is 0 Å². The first-order chi connectivity index (χ1) is 6.66. The van der Waals surface area contributed by atoms with Crippen LogP contribution in [0.4, 0.5) is 0 Å². The van der Waals surface area contributed by atoms with Crippen molar-refractivity contribution in [3.63, 3.8) is 0 Å². The largest absolute Gasteiger partial charge is 0.504 e. The van der Waals surface area contributed by atoms with E-state index >= 15 is 0 Å². The molecule has 0 fully saturated rings. The standard InChI is InChI=1S/C8H9NO3.C2H6/c1-9-8(12)5-3-2-4-6(10)7(5)11;1-2/h2-4,10-11H,1H3,(H,9,12);1-2H3. The highest BCUT2D eigenvalue weighted by Crippen LogP contribution is 2.27. The zero-order chi connectivity index (χ0) is 11.1. The molecule has 4 nitrogen and oxygen atoms in total. The van der Waals surface area contributed by atoms with Crippen molar-refractivity contribution in [2.24, 2.45) is 0 Å². The minimum Gasteiger partial charge on any atom is -0.504 e. The second-order valence-corrected chi connectivity index (χ2v) is 2.25. The zero-order valence-electron chi connectivity index (χ0n) is 8.53. The normalized spacial score (nSPS) is 8.50. The molecule has 1 amide bonds. The first kappa shape index (κ1) is 12.3. The molecule has 3 N–H and O–H groups in total. The molecule has 1 aromatic carbocycles. The van der Waals surface area contributed by atoms with Gasteiger partial charge in [0.05, 0.1) is 5.56 Å². The third kappa shape index (κ3) is 2.65. The molecule has 0 saturated carbocycles. The fraction of sp³-hybridized carbons (Fsp3) is 0.300. The number of nitrogens with one attached hydrogen (secondary N) is 1. The Bertz CT molecular complexity index is 310. The Balaban J connectivity index is 0.000000791. The van der Waals surface area contributed by atoms with Crippen molar-refractivity contribution in [1.82, 2.24) is 5.32 Å². The summed E-state index contributed by atoms with van der Waals surface area (Å²) >= 11 is 0. The van der Waals surface area contributed by atoms with Gasteiger partial charge in [0.25, 0.3) is 5.91 Å². The number of phenolic OH excluding ortho intramolecular Hbond substituents is 2. The van der Waals surface area contributed by atoms with Crippen molar-refractivity contribution >= 4 is 5.91 Å². The molecule has 0 bridgehead atoms. The van der Waals surface area contributed by atoms with Crippen molar-refractivity contribution in [3.05, 3.63) is 23.8 Å². The van der Waals surface area contributed by atoms with E-state index in [4.69, 9.17) is 5.11 Å². The van der Waals surface area contributed by atoms with Gasteiger partial charge in [-0.3, -0.25) is 4.79 Å². The molecule has 0 heterocycles. The van der Waals surface area contributed by atoms with Crippen molar-refractivity contribution < 1.29 is 15.0 Å². The highest BCUT2D eigenvalue weighted by Gasteiger charge is 2.11. The summed E-state index contributed by atoms with van der Waals surface area (Å²) in [7, 11) is 1.45. The maximum Gasteiger partial charge on any atom is 0.254 e. The Morgan fingerprint density at radius 1 is 1.29 bits per heavy atom. The summed E-state index contributed by atoms with van der Waals surface area (Å²) in [6.45, 7) is 4.00. The van der Waals surface area contributed by atoms with Gasteiger partial charge in [0, 0.05) is 7.05 Å². The fourth-order valence-electron chi connectivity index (χ4n) is 0.849. The van der Waals surface area contributed by atoms with Crippen molar-refractivity contribution in [2.45, 2.75) is 13.8 Å². The number of carbonyl (C=O) groups excluding carboxylic acids is 1. The highest BCUT2D eigenvalue weighted by molar-refractivity contribution is 5.97. The number of amides is 1. The van der Waals surface area contributed by atoms with Gasteiger partial charge in [-0.25, -0.2) is 0 Å². The molecule has 0 aliphatic heterocycles. The van der Waals surface area contributed by atoms with Crippen molar-refractivity contribution in [3.8, 4) is 11.5 Å². The Morgan fingerprint density at radius 2 is 1.86 bits per heavy atom. The van der Waals surface area contributed by atoms with Crippen LogP contribution >= 0.6 is 0 Å². The van der Waals surface area contributed by atoms with E-state index in [1.54, 1.807) is 0 Å². The van der Waals surface area contributed by atoms with E-state index in [1.165, 1.54) is 25.2 Å². The number of benzene rings is 1. The first-order valence-corrected chi connectivity index (χ1v) is 4.40. The molecular weight excluding hydrogens is 182 g/mol. The fourth-order valence-corrected chi connectivity index (χ4v) is 0.849. The Kier molecular flexibility index (Phi) is 5.14. The van der Waals surface area contributed by atoms with E-state index in [0.29, 0.717) is 0 Å². The van der Waals surface area contributed by atoms with Crippen LogP contribution in [0.3, 0.4) is 0 Å². The molecular formula is C10H15NO3. The number of para-hydroxylation sites is 1. The summed E-state index contributed by atoms with van der Waals surface area (Å²) < 4.78 is 0. The third-order valence-corrected chi connectivity index (χ3v) is 1.49. The van der Waals surface area contributed by atoms with Gasteiger partial charge in [0.1, 0.15) is 0 Å². The van der Waals surface area contributed by atoms with Gasteiger partial charge < -0.3 is 15.5 Å². The summed E-state index contributed by atoms with van der Waals surface area (Å²) in [4.78, 5) is 11.0. The number of hydrogen-bond donors (Lipinski definition) is 3. The van der Waals surface area contributed by atoms with E-state index in [2.05, 4.69) is 5.32 Å². The van der Waals surface area contributed by atoms with Crippen LogP contribution in [0.1, 0.15) is 24.2 Å². The Labute approximate surface area is 83.2 Å². The molecule has 4 heteroatoms. The molecule has 0 saturated heterocycles. The monoisotopic (exact) mass is 197 g/mol. The van der Waals surface area contributed by atoms with Crippen LogP contribution in [0.15, 0.2) is 18.2 Å². The summed E-state index contributed by atoms with van der Waals surface area (Å²) in [5.41, 5.74) is 0.0671. The molecule has 0 aliphatic carbocycles. The smallest absolute Gasteiger partial charge is 0.254 e. The number of carbonyl (C=O) groups is 1. The van der Waals surface area contributed by atoms with E-state index in [-0.39, 0.29) is 11.3 Å². The lowest BCUT2D eigenvalue weighted by Gasteiger charge is -2.03. The van der Waals surface area contributed by atoms with Gasteiger partial charge in [0.2, 0.25) is 0 Å². The second kappa shape index (κ2) is 5.85.